The van der Waals surface area contributed by atoms with Crippen molar-refractivity contribution in [2.45, 2.75) is 25.7 Å². The summed E-state index contributed by atoms with van der Waals surface area (Å²) in [5.41, 5.74) is 1.76. The Balaban J connectivity index is 1.51. The molecule has 2 N–H and O–H groups in total. The third-order valence-electron chi connectivity index (χ3n) is 4.16. The molecule has 23 heavy (non-hydrogen) atoms. The van der Waals surface area contributed by atoms with Crippen molar-refractivity contribution in [3.63, 3.8) is 0 Å². The predicted molar refractivity (Wildman–Crippen MR) is 93.2 cm³/mol. The molecule has 1 aliphatic rings. The summed E-state index contributed by atoms with van der Waals surface area (Å²) in [5, 5.41) is 5.00. The molecule has 6 heteroatoms. The molecule has 1 aromatic heterocycles. The molecule has 124 valence electrons. The van der Waals surface area contributed by atoms with E-state index in [2.05, 4.69) is 10.00 Å². The van der Waals surface area contributed by atoms with E-state index in [1.54, 1.807) is 0 Å². The summed E-state index contributed by atoms with van der Waals surface area (Å²) in [6.07, 6.45) is 5.01. The molecule has 1 fully saturated rings. The van der Waals surface area contributed by atoms with Gasteiger partial charge in [0.25, 0.3) is 0 Å². The van der Waals surface area contributed by atoms with Crippen LogP contribution in [0.3, 0.4) is 0 Å². The van der Waals surface area contributed by atoms with Gasteiger partial charge in [-0.1, -0.05) is 30.2 Å². The Morgan fingerprint density at radius 2 is 1.87 bits per heavy atom. The third kappa shape index (κ3) is 4.39. The number of likely N-dealkylation sites (tertiary alicyclic amines) is 1. The fourth-order valence-corrected chi connectivity index (χ4v) is 3.02. The van der Waals surface area contributed by atoms with Gasteiger partial charge in [-0.05, 0) is 44.5 Å². The molecule has 0 radical (unpaired) electrons. The van der Waals surface area contributed by atoms with Gasteiger partial charge in [-0.2, -0.15) is 0 Å². The summed E-state index contributed by atoms with van der Waals surface area (Å²) in [6, 6.07) is 9.39. The van der Waals surface area contributed by atoms with Crippen LogP contribution in [0.25, 0.3) is 11.3 Å². The number of nitrogen functional groups attached to an aromatic ring is 1. The molecule has 2 heterocycles. The highest BCUT2D eigenvalue weighted by molar-refractivity contribution is 6.30. The van der Waals surface area contributed by atoms with Gasteiger partial charge in [0, 0.05) is 23.2 Å². The van der Waals surface area contributed by atoms with Gasteiger partial charge in [-0.3, -0.25) is 0 Å². The first-order valence-corrected chi connectivity index (χ1v) is 8.56. The maximum atomic E-state index is 5.91. The summed E-state index contributed by atoms with van der Waals surface area (Å²) in [6.45, 7) is 4.17. The Hall–Kier alpha value is -1.72. The molecule has 5 nitrogen and oxygen atoms in total. The van der Waals surface area contributed by atoms with Crippen molar-refractivity contribution in [2.75, 3.05) is 32.1 Å². The summed E-state index contributed by atoms with van der Waals surface area (Å²) < 4.78 is 5.78. The molecular weight excluding hydrogens is 312 g/mol. The standard InChI is InChI=1S/C17H23ClN4O/c18-15-7-5-14(6-8-15)16-13-17(22(19)20-16)23-12-4-11-21-9-2-1-3-10-21/h5-8,13H,1-4,9-12,19H2. The second-order valence-corrected chi connectivity index (χ2v) is 6.36. The van der Waals surface area contributed by atoms with Gasteiger partial charge in [0.2, 0.25) is 5.88 Å². The van der Waals surface area contributed by atoms with Crippen LogP contribution in [-0.2, 0) is 0 Å². The quantitative estimate of drug-likeness (QED) is 0.651. The van der Waals surface area contributed by atoms with Crippen molar-refractivity contribution in [2.24, 2.45) is 0 Å². The SMILES string of the molecule is Nn1nc(-c2ccc(Cl)cc2)cc1OCCCN1CCCCC1. The first kappa shape index (κ1) is 16.1. The number of hydrogen-bond donors (Lipinski definition) is 1. The van der Waals surface area contributed by atoms with Gasteiger partial charge in [0.05, 0.1) is 12.3 Å². The number of aromatic nitrogens is 2. The summed E-state index contributed by atoms with van der Waals surface area (Å²) in [4.78, 5) is 3.80. The van der Waals surface area contributed by atoms with Crippen LogP contribution in [0.1, 0.15) is 25.7 Å². The van der Waals surface area contributed by atoms with Crippen LogP contribution < -0.4 is 10.6 Å². The van der Waals surface area contributed by atoms with Crippen molar-refractivity contribution in [3.8, 4) is 17.1 Å². The Morgan fingerprint density at radius 1 is 1.13 bits per heavy atom. The Morgan fingerprint density at radius 3 is 2.61 bits per heavy atom. The Kier molecular flexibility index (Phi) is 5.41. The van der Waals surface area contributed by atoms with E-state index in [0.29, 0.717) is 17.5 Å². The molecule has 0 unspecified atom stereocenters. The maximum absolute atomic E-state index is 5.91. The molecule has 2 aromatic rings. The van der Waals surface area contributed by atoms with Crippen LogP contribution in [0.15, 0.2) is 30.3 Å². The Labute approximate surface area is 141 Å². The van der Waals surface area contributed by atoms with Crippen LogP contribution in [0.4, 0.5) is 0 Å². The van der Waals surface area contributed by atoms with E-state index in [4.69, 9.17) is 22.2 Å². The molecule has 0 bridgehead atoms. The van der Waals surface area contributed by atoms with Gasteiger partial charge >= 0.3 is 0 Å². The molecule has 0 atom stereocenters. The van der Waals surface area contributed by atoms with Gasteiger partial charge in [-0.25, -0.2) is 0 Å². The van der Waals surface area contributed by atoms with Crippen molar-refractivity contribution in [1.29, 1.82) is 0 Å². The van der Waals surface area contributed by atoms with Crippen LogP contribution in [0.5, 0.6) is 5.88 Å². The molecule has 0 spiro atoms. The molecule has 3 rings (SSSR count). The fourth-order valence-electron chi connectivity index (χ4n) is 2.89. The third-order valence-corrected chi connectivity index (χ3v) is 4.41. The monoisotopic (exact) mass is 334 g/mol. The van der Waals surface area contributed by atoms with E-state index >= 15 is 0 Å². The smallest absolute Gasteiger partial charge is 0.232 e. The summed E-state index contributed by atoms with van der Waals surface area (Å²) >= 11 is 5.91. The van der Waals surface area contributed by atoms with Crippen molar-refractivity contribution in [3.05, 3.63) is 35.4 Å². The van der Waals surface area contributed by atoms with Crippen LogP contribution >= 0.6 is 11.6 Å². The summed E-state index contributed by atoms with van der Waals surface area (Å²) in [7, 11) is 0. The van der Waals surface area contributed by atoms with Crippen LogP contribution in [0.2, 0.25) is 5.02 Å². The lowest BCUT2D eigenvalue weighted by Crippen LogP contribution is -2.31. The largest absolute Gasteiger partial charge is 0.477 e. The van der Waals surface area contributed by atoms with Gasteiger partial charge in [0.15, 0.2) is 0 Å². The van der Waals surface area contributed by atoms with Gasteiger partial charge in [0.1, 0.15) is 0 Å². The van der Waals surface area contributed by atoms with E-state index in [9.17, 15) is 0 Å². The number of ether oxygens (including phenoxy) is 1. The minimum Gasteiger partial charge on any atom is -0.477 e. The molecule has 0 amide bonds. The number of rotatable bonds is 6. The molecule has 1 aromatic carbocycles. The van der Waals surface area contributed by atoms with Crippen molar-refractivity contribution < 1.29 is 4.74 Å². The van der Waals surface area contributed by atoms with Gasteiger partial charge in [-0.15, -0.1) is 9.89 Å². The molecule has 1 saturated heterocycles. The minimum absolute atomic E-state index is 0.591. The van der Waals surface area contributed by atoms with E-state index < -0.39 is 0 Å². The topological polar surface area (TPSA) is 56.3 Å². The fraction of sp³-hybridized carbons (Fsp3) is 0.471. The highest BCUT2D eigenvalue weighted by Gasteiger charge is 2.11. The lowest BCUT2D eigenvalue weighted by molar-refractivity contribution is 0.201. The van der Waals surface area contributed by atoms with E-state index in [1.165, 1.54) is 37.1 Å². The predicted octanol–water partition coefficient (Wildman–Crippen LogP) is 3.17. The summed E-state index contributed by atoms with van der Waals surface area (Å²) in [5.74, 6) is 6.47. The highest BCUT2D eigenvalue weighted by atomic mass is 35.5. The number of hydrogen-bond acceptors (Lipinski definition) is 4. The number of halogens is 1. The van der Waals surface area contributed by atoms with Crippen molar-refractivity contribution in [1.82, 2.24) is 14.8 Å². The second kappa shape index (κ2) is 7.70. The zero-order valence-electron chi connectivity index (χ0n) is 13.2. The minimum atomic E-state index is 0.591. The molecule has 1 aliphatic heterocycles. The Bertz CT molecular complexity index is 620. The van der Waals surface area contributed by atoms with Crippen LogP contribution in [0, 0.1) is 0 Å². The van der Waals surface area contributed by atoms with Gasteiger partial charge < -0.3 is 15.5 Å². The first-order valence-electron chi connectivity index (χ1n) is 8.18. The average molecular weight is 335 g/mol. The van der Waals surface area contributed by atoms with E-state index in [-0.39, 0.29) is 0 Å². The normalized spacial score (nSPS) is 15.7. The highest BCUT2D eigenvalue weighted by Crippen LogP contribution is 2.23. The van der Waals surface area contributed by atoms with Crippen LogP contribution in [-0.4, -0.2) is 41.0 Å². The second-order valence-electron chi connectivity index (χ2n) is 5.92. The van der Waals surface area contributed by atoms with E-state index in [1.807, 2.05) is 30.3 Å². The lowest BCUT2D eigenvalue weighted by Gasteiger charge is -2.26. The van der Waals surface area contributed by atoms with E-state index in [0.717, 1.165) is 24.2 Å². The zero-order chi connectivity index (χ0) is 16.1. The molecule has 0 saturated carbocycles. The molecular formula is C17H23ClN4O. The number of benzene rings is 1. The maximum Gasteiger partial charge on any atom is 0.232 e. The zero-order valence-corrected chi connectivity index (χ0v) is 14.0. The lowest BCUT2D eigenvalue weighted by atomic mass is 10.1. The van der Waals surface area contributed by atoms with Crippen molar-refractivity contribution >= 4 is 11.6 Å². The number of nitrogens with zero attached hydrogens (tertiary/aromatic N) is 3. The number of piperidine rings is 1. The average Bonchev–Trinajstić information content (AvgIpc) is 2.94. The number of nitrogens with two attached hydrogens (primary N) is 1. The first-order chi connectivity index (χ1) is 11.2. The molecule has 0 aliphatic carbocycles.